The summed E-state index contributed by atoms with van der Waals surface area (Å²) >= 11 is 3.43. The fraction of sp³-hybridized carbons (Fsp3) is 0.643. The van der Waals surface area contributed by atoms with Gasteiger partial charge in [0.1, 0.15) is 0 Å². The predicted molar refractivity (Wildman–Crippen MR) is 75.0 cm³/mol. The lowest BCUT2D eigenvalue weighted by Crippen LogP contribution is -2.37. The maximum Gasteiger partial charge on any atom is 0.0420 e. The molecule has 2 atom stereocenters. The van der Waals surface area contributed by atoms with E-state index in [1.807, 2.05) is 6.20 Å². The van der Waals surface area contributed by atoms with E-state index in [0.717, 1.165) is 29.3 Å². The Kier molecular flexibility index (Phi) is 4.57. The topological polar surface area (TPSA) is 24.9 Å². The maximum atomic E-state index is 4.48. The lowest BCUT2D eigenvalue weighted by atomic mass is 9.92. The average Bonchev–Trinajstić information content (AvgIpc) is 3.14. The number of rotatable bonds is 6. The molecule has 0 radical (unpaired) electrons. The molecule has 1 fully saturated rings. The van der Waals surface area contributed by atoms with Crippen LogP contribution in [0, 0.1) is 11.8 Å². The van der Waals surface area contributed by atoms with Crippen molar-refractivity contribution in [2.75, 3.05) is 6.54 Å². The Morgan fingerprint density at radius 2 is 2.24 bits per heavy atom. The summed E-state index contributed by atoms with van der Waals surface area (Å²) in [6, 6.07) is 4.77. The molecule has 17 heavy (non-hydrogen) atoms. The molecular weight excluding hydrogens is 276 g/mol. The Hall–Kier alpha value is -0.410. The summed E-state index contributed by atoms with van der Waals surface area (Å²) in [4.78, 5) is 4.48. The van der Waals surface area contributed by atoms with Crippen LogP contribution in [-0.4, -0.2) is 17.6 Å². The van der Waals surface area contributed by atoms with Gasteiger partial charge in [0.25, 0.3) is 0 Å². The molecule has 2 nitrogen and oxygen atoms in total. The molecule has 3 heteroatoms. The van der Waals surface area contributed by atoms with Gasteiger partial charge in [-0.1, -0.05) is 13.8 Å². The van der Waals surface area contributed by atoms with E-state index in [4.69, 9.17) is 0 Å². The van der Waals surface area contributed by atoms with Crippen LogP contribution >= 0.6 is 15.9 Å². The molecule has 2 rings (SSSR count). The predicted octanol–water partition coefficient (Wildman–Crippen LogP) is 3.41. The number of hydrogen-bond donors (Lipinski definition) is 1. The third-order valence-corrected chi connectivity index (χ3v) is 4.15. The second-order valence-electron chi connectivity index (χ2n) is 5.03. The van der Waals surface area contributed by atoms with Crippen LogP contribution in [0.15, 0.2) is 22.8 Å². The van der Waals surface area contributed by atoms with Gasteiger partial charge in [-0.2, -0.15) is 0 Å². The molecule has 0 aromatic carbocycles. The Morgan fingerprint density at radius 1 is 1.47 bits per heavy atom. The summed E-state index contributed by atoms with van der Waals surface area (Å²) in [5.41, 5.74) is 1.19. The van der Waals surface area contributed by atoms with Crippen molar-refractivity contribution in [3.8, 4) is 0 Å². The highest BCUT2D eigenvalue weighted by molar-refractivity contribution is 9.10. The van der Waals surface area contributed by atoms with E-state index in [9.17, 15) is 0 Å². The van der Waals surface area contributed by atoms with E-state index in [-0.39, 0.29) is 0 Å². The van der Waals surface area contributed by atoms with Gasteiger partial charge in [0.05, 0.1) is 0 Å². The highest BCUT2D eigenvalue weighted by Crippen LogP contribution is 2.38. The van der Waals surface area contributed by atoms with E-state index < -0.39 is 0 Å². The number of pyridine rings is 1. The van der Waals surface area contributed by atoms with Gasteiger partial charge in [0.2, 0.25) is 0 Å². The molecule has 0 bridgehead atoms. The maximum absolute atomic E-state index is 4.48. The van der Waals surface area contributed by atoms with E-state index in [1.165, 1.54) is 18.5 Å². The molecule has 0 aliphatic heterocycles. The number of nitrogens with one attached hydrogen (secondary N) is 1. The van der Waals surface area contributed by atoms with Crippen LogP contribution in [0.4, 0.5) is 0 Å². The molecule has 1 aromatic heterocycles. The zero-order valence-electron chi connectivity index (χ0n) is 10.6. The third-order valence-electron chi connectivity index (χ3n) is 3.68. The minimum absolute atomic E-state index is 0.571. The van der Waals surface area contributed by atoms with Crippen molar-refractivity contribution in [3.05, 3.63) is 28.5 Å². The van der Waals surface area contributed by atoms with Crippen LogP contribution in [0.1, 0.15) is 32.4 Å². The number of nitrogens with zero attached hydrogens (tertiary/aromatic N) is 1. The van der Waals surface area contributed by atoms with Gasteiger partial charge >= 0.3 is 0 Å². The van der Waals surface area contributed by atoms with Crippen LogP contribution in [-0.2, 0) is 6.42 Å². The second kappa shape index (κ2) is 5.96. The first-order valence-corrected chi connectivity index (χ1v) is 7.33. The molecule has 1 aliphatic carbocycles. The van der Waals surface area contributed by atoms with E-state index in [0.29, 0.717) is 6.04 Å². The zero-order valence-corrected chi connectivity index (χ0v) is 12.2. The Labute approximate surface area is 112 Å². The number of likely N-dealkylation sites (N-methyl/N-ethyl adjacent to an activating group) is 1. The largest absolute Gasteiger partial charge is 0.314 e. The van der Waals surface area contributed by atoms with Crippen LogP contribution in [0.3, 0.4) is 0 Å². The molecule has 1 saturated carbocycles. The first-order valence-electron chi connectivity index (χ1n) is 6.54. The van der Waals surface area contributed by atoms with Gasteiger partial charge in [-0.05, 0) is 59.3 Å². The standard InChI is InChI=1S/C14H21BrN2/c1-3-16-14(10(2)11-4-5-11)8-13-7-6-12(15)9-17-13/h6-7,9-11,14,16H,3-5,8H2,1-2H3. The molecule has 0 saturated heterocycles. The van der Waals surface area contributed by atoms with Crippen molar-refractivity contribution in [2.24, 2.45) is 11.8 Å². The van der Waals surface area contributed by atoms with Gasteiger partial charge in [0, 0.05) is 28.8 Å². The van der Waals surface area contributed by atoms with Crippen LogP contribution in [0.2, 0.25) is 0 Å². The molecule has 1 aliphatic rings. The molecular formula is C14H21BrN2. The summed E-state index contributed by atoms with van der Waals surface area (Å²) in [5.74, 6) is 1.70. The van der Waals surface area contributed by atoms with Gasteiger partial charge < -0.3 is 5.32 Å². The lowest BCUT2D eigenvalue weighted by Gasteiger charge is -2.24. The Morgan fingerprint density at radius 3 is 2.76 bits per heavy atom. The summed E-state index contributed by atoms with van der Waals surface area (Å²) < 4.78 is 1.05. The quantitative estimate of drug-likeness (QED) is 0.870. The van der Waals surface area contributed by atoms with Crippen molar-refractivity contribution >= 4 is 15.9 Å². The molecule has 94 valence electrons. The summed E-state index contributed by atoms with van der Waals surface area (Å²) in [7, 11) is 0. The van der Waals surface area contributed by atoms with Crippen molar-refractivity contribution in [3.63, 3.8) is 0 Å². The molecule has 0 spiro atoms. The molecule has 1 aromatic rings. The molecule has 2 unspecified atom stereocenters. The van der Waals surface area contributed by atoms with Gasteiger partial charge in [-0.3, -0.25) is 4.98 Å². The summed E-state index contributed by atoms with van der Waals surface area (Å²) in [6.07, 6.45) is 5.76. The minimum atomic E-state index is 0.571. The highest BCUT2D eigenvalue weighted by Gasteiger charge is 2.32. The molecule has 1 heterocycles. The number of halogens is 1. The fourth-order valence-electron chi connectivity index (χ4n) is 2.41. The average molecular weight is 297 g/mol. The van der Waals surface area contributed by atoms with E-state index >= 15 is 0 Å². The summed E-state index contributed by atoms with van der Waals surface area (Å²) in [6.45, 7) is 5.60. The van der Waals surface area contributed by atoms with Crippen LogP contribution in [0.25, 0.3) is 0 Å². The molecule has 0 amide bonds. The van der Waals surface area contributed by atoms with E-state index in [2.05, 4.69) is 52.2 Å². The molecule has 1 N–H and O–H groups in total. The zero-order chi connectivity index (χ0) is 12.3. The normalized spacial score (nSPS) is 19.0. The van der Waals surface area contributed by atoms with Crippen molar-refractivity contribution < 1.29 is 0 Å². The summed E-state index contributed by atoms with van der Waals surface area (Å²) in [5, 5.41) is 3.62. The SMILES string of the molecule is CCNC(Cc1ccc(Br)cn1)C(C)C1CC1. The Balaban J connectivity index is 1.98. The Bertz CT molecular complexity index is 346. The highest BCUT2D eigenvalue weighted by atomic mass is 79.9. The lowest BCUT2D eigenvalue weighted by molar-refractivity contribution is 0.342. The number of hydrogen-bond acceptors (Lipinski definition) is 2. The first-order chi connectivity index (χ1) is 8.20. The fourth-order valence-corrected chi connectivity index (χ4v) is 2.64. The monoisotopic (exact) mass is 296 g/mol. The van der Waals surface area contributed by atoms with Crippen LogP contribution in [0.5, 0.6) is 0 Å². The van der Waals surface area contributed by atoms with Crippen molar-refractivity contribution in [2.45, 2.75) is 39.2 Å². The van der Waals surface area contributed by atoms with Gasteiger partial charge in [-0.15, -0.1) is 0 Å². The first kappa shape index (κ1) is 13.0. The smallest absolute Gasteiger partial charge is 0.0420 e. The number of aromatic nitrogens is 1. The third kappa shape index (κ3) is 3.78. The van der Waals surface area contributed by atoms with Crippen LogP contribution < -0.4 is 5.32 Å². The second-order valence-corrected chi connectivity index (χ2v) is 5.95. The van der Waals surface area contributed by atoms with Crippen molar-refractivity contribution in [1.29, 1.82) is 0 Å². The van der Waals surface area contributed by atoms with Gasteiger partial charge in [0.15, 0.2) is 0 Å². The van der Waals surface area contributed by atoms with E-state index in [1.54, 1.807) is 0 Å². The minimum Gasteiger partial charge on any atom is -0.314 e. The van der Waals surface area contributed by atoms with Crippen molar-refractivity contribution in [1.82, 2.24) is 10.3 Å². The van der Waals surface area contributed by atoms with Gasteiger partial charge in [-0.25, -0.2) is 0 Å².